The van der Waals surface area contributed by atoms with Crippen LogP contribution in [0.15, 0.2) is 4.99 Å². The van der Waals surface area contributed by atoms with Crippen molar-refractivity contribution in [3.05, 3.63) is 0 Å². The minimum absolute atomic E-state index is 0. The third-order valence-corrected chi connectivity index (χ3v) is 4.91. The van der Waals surface area contributed by atoms with E-state index in [1.165, 1.54) is 0 Å². The quantitative estimate of drug-likeness (QED) is 0.368. The van der Waals surface area contributed by atoms with Crippen LogP contribution in [0.25, 0.3) is 0 Å². The van der Waals surface area contributed by atoms with Gasteiger partial charge in [0.25, 0.3) is 0 Å². The molecule has 0 amide bonds. The summed E-state index contributed by atoms with van der Waals surface area (Å²) in [5.41, 5.74) is 0. The standard InChI is InChI=1S/C14H29N3O2S.HI/c1-5-20-14(6-8-19-9-7-14)11-16-13(15-3)17-12(2)10-18-4;/h12H,5-11H2,1-4H3,(H2,15,16,17);1H. The van der Waals surface area contributed by atoms with Gasteiger partial charge in [0.1, 0.15) is 0 Å². The monoisotopic (exact) mass is 431 g/mol. The highest BCUT2D eigenvalue weighted by molar-refractivity contribution is 14.0. The Morgan fingerprint density at radius 1 is 1.43 bits per heavy atom. The molecular formula is C14H30IN3O2S. The first-order chi connectivity index (χ1) is 9.65. The van der Waals surface area contributed by atoms with Crippen molar-refractivity contribution in [2.75, 3.05) is 46.3 Å². The summed E-state index contributed by atoms with van der Waals surface area (Å²) in [5.74, 6) is 1.98. The lowest BCUT2D eigenvalue weighted by Crippen LogP contribution is -2.50. The third kappa shape index (κ3) is 7.90. The molecule has 1 aliphatic heterocycles. The Hall–Kier alpha value is 0.270. The van der Waals surface area contributed by atoms with E-state index in [0.717, 1.165) is 44.3 Å². The molecule has 1 rings (SSSR count). The number of nitrogens with one attached hydrogen (secondary N) is 2. The van der Waals surface area contributed by atoms with Gasteiger partial charge in [0.15, 0.2) is 5.96 Å². The number of hydrogen-bond donors (Lipinski definition) is 2. The smallest absolute Gasteiger partial charge is 0.191 e. The predicted octanol–water partition coefficient (Wildman–Crippen LogP) is 2.11. The van der Waals surface area contributed by atoms with Gasteiger partial charge < -0.3 is 20.1 Å². The summed E-state index contributed by atoms with van der Waals surface area (Å²) in [6.07, 6.45) is 2.20. The van der Waals surface area contributed by atoms with E-state index < -0.39 is 0 Å². The van der Waals surface area contributed by atoms with Crippen molar-refractivity contribution in [2.45, 2.75) is 37.5 Å². The lowest BCUT2D eigenvalue weighted by atomic mass is 9.99. The molecule has 1 heterocycles. The fourth-order valence-electron chi connectivity index (χ4n) is 2.39. The molecule has 7 heteroatoms. The number of aliphatic imine (C=N–C) groups is 1. The molecule has 2 N–H and O–H groups in total. The first-order valence-corrected chi connectivity index (χ1v) is 8.32. The molecule has 1 aliphatic rings. The molecule has 1 atom stereocenters. The van der Waals surface area contributed by atoms with E-state index in [2.05, 4.69) is 29.5 Å². The maximum absolute atomic E-state index is 5.50. The van der Waals surface area contributed by atoms with Crippen LogP contribution in [0.1, 0.15) is 26.7 Å². The van der Waals surface area contributed by atoms with E-state index in [9.17, 15) is 0 Å². The Morgan fingerprint density at radius 3 is 2.62 bits per heavy atom. The van der Waals surface area contributed by atoms with Crippen LogP contribution in [0, 0.1) is 0 Å². The highest BCUT2D eigenvalue weighted by Gasteiger charge is 2.32. The van der Waals surface area contributed by atoms with Gasteiger partial charge >= 0.3 is 0 Å². The number of halogens is 1. The van der Waals surface area contributed by atoms with Crippen LogP contribution in [0.3, 0.4) is 0 Å². The topological polar surface area (TPSA) is 54.9 Å². The Morgan fingerprint density at radius 2 is 2.10 bits per heavy atom. The molecule has 5 nitrogen and oxygen atoms in total. The zero-order valence-corrected chi connectivity index (χ0v) is 16.8. The van der Waals surface area contributed by atoms with Crippen LogP contribution < -0.4 is 10.6 Å². The summed E-state index contributed by atoms with van der Waals surface area (Å²) in [4.78, 5) is 4.28. The molecule has 0 aromatic heterocycles. The number of ether oxygens (including phenoxy) is 2. The molecule has 0 aromatic carbocycles. The van der Waals surface area contributed by atoms with Crippen molar-refractivity contribution in [1.29, 1.82) is 0 Å². The first-order valence-electron chi connectivity index (χ1n) is 7.33. The van der Waals surface area contributed by atoms with Gasteiger partial charge in [-0.15, -0.1) is 24.0 Å². The number of hydrogen-bond acceptors (Lipinski definition) is 4. The van der Waals surface area contributed by atoms with E-state index in [1.54, 1.807) is 14.2 Å². The SMILES string of the molecule is CCSC1(CNC(=NC)NC(C)COC)CCOCC1.I. The van der Waals surface area contributed by atoms with Crippen LogP contribution in [-0.2, 0) is 9.47 Å². The predicted molar refractivity (Wildman–Crippen MR) is 102 cm³/mol. The molecule has 0 spiro atoms. The van der Waals surface area contributed by atoms with Crippen LogP contribution in [0.5, 0.6) is 0 Å². The average molecular weight is 431 g/mol. The zero-order chi connectivity index (χ0) is 14.8. The van der Waals surface area contributed by atoms with Crippen LogP contribution >= 0.6 is 35.7 Å². The fraction of sp³-hybridized carbons (Fsp3) is 0.929. The minimum atomic E-state index is 0. The second-order valence-corrected chi connectivity index (χ2v) is 6.89. The van der Waals surface area contributed by atoms with E-state index in [-0.39, 0.29) is 34.8 Å². The summed E-state index contributed by atoms with van der Waals surface area (Å²) in [6, 6.07) is 0.246. The van der Waals surface area contributed by atoms with Gasteiger partial charge in [-0.3, -0.25) is 4.99 Å². The second-order valence-electron chi connectivity index (χ2n) is 5.15. The van der Waals surface area contributed by atoms with Gasteiger partial charge in [-0.25, -0.2) is 0 Å². The number of rotatable bonds is 7. The number of nitrogens with zero attached hydrogens (tertiary/aromatic N) is 1. The van der Waals surface area contributed by atoms with E-state index >= 15 is 0 Å². The molecule has 1 saturated heterocycles. The molecule has 21 heavy (non-hydrogen) atoms. The van der Waals surface area contributed by atoms with Gasteiger partial charge in [0, 0.05) is 44.7 Å². The normalized spacial score (nSPS) is 19.5. The number of methoxy groups -OCH3 is 1. The van der Waals surface area contributed by atoms with E-state index in [0.29, 0.717) is 6.61 Å². The molecule has 1 unspecified atom stereocenters. The molecule has 0 saturated carbocycles. The number of guanidine groups is 1. The summed E-state index contributed by atoms with van der Waals surface area (Å²) in [7, 11) is 3.52. The molecular weight excluding hydrogens is 401 g/mol. The highest BCUT2D eigenvalue weighted by atomic mass is 127. The largest absolute Gasteiger partial charge is 0.383 e. The average Bonchev–Trinajstić information content (AvgIpc) is 2.45. The van der Waals surface area contributed by atoms with E-state index in [4.69, 9.17) is 9.47 Å². The van der Waals surface area contributed by atoms with Crippen LogP contribution in [-0.4, -0.2) is 63.0 Å². The van der Waals surface area contributed by atoms with Gasteiger partial charge in [-0.2, -0.15) is 11.8 Å². The first kappa shape index (κ1) is 21.3. The lowest BCUT2D eigenvalue weighted by Gasteiger charge is -2.37. The Bertz CT molecular complexity index is 294. The van der Waals surface area contributed by atoms with Gasteiger partial charge in [0.2, 0.25) is 0 Å². The van der Waals surface area contributed by atoms with E-state index in [1.807, 2.05) is 11.8 Å². The highest BCUT2D eigenvalue weighted by Crippen LogP contribution is 2.34. The van der Waals surface area contributed by atoms with Crippen molar-refractivity contribution in [2.24, 2.45) is 4.99 Å². The fourth-order valence-corrected chi connectivity index (χ4v) is 3.63. The van der Waals surface area contributed by atoms with Crippen molar-refractivity contribution in [3.63, 3.8) is 0 Å². The zero-order valence-electron chi connectivity index (χ0n) is 13.6. The van der Waals surface area contributed by atoms with Gasteiger partial charge in [-0.05, 0) is 25.5 Å². The molecule has 0 bridgehead atoms. The molecule has 1 fully saturated rings. The summed E-state index contributed by atoms with van der Waals surface area (Å²) in [6.45, 7) is 7.62. The van der Waals surface area contributed by atoms with Crippen molar-refractivity contribution < 1.29 is 9.47 Å². The molecule has 0 aromatic rings. The summed E-state index contributed by atoms with van der Waals surface area (Å²) < 4.78 is 10.9. The molecule has 0 radical (unpaired) electrons. The lowest BCUT2D eigenvalue weighted by molar-refractivity contribution is 0.0781. The van der Waals surface area contributed by atoms with Crippen molar-refractivity contribution in [1.82, 2.24) is 10.6 Å². The molecule has 0 aliphatic carbocycles. The molecule has 126 valence electrons. The van der Waals surface area contributed by atoms with Crippen molar-refractivity contribution in [3.8, 4) is 0 Å². The maximum Gasteiger partial charge on any atom is 0.191 e. The number of thioether (sulfide) groups is 1. The van der Waals surface area contributed by atoms with Crippen molar-refractivity contribution >= 4 is 41.7 Å². The Balaban J connectivity index is 0.00000400. The Labute approximate surface area is 150 Å². The maximum atomic E-state index is 5.50. The summed E-state index contributed by atoms with van der Waals surface area (Å²) in [5, 5.41) is 6.80. The third-order valence-electron chi connectivity index (χ3n) is 3.46. The second kappa shape index (κ2) is 11.8. The van der Waals surface area contributed by atoms with Gasteiger partial charge in [0.05, 0.1) is 6.61 Å². The summed E-state index contributed by atoms with van der Waals surface area (Å²) >= 11 is 2.03. The van der Waals surface area contributed by atoms with Crippen LogP contribution in [0.4, 0.5) is 0 Å². The Kier molecular flexibility index (Phi) is 11.9. The van der Waals surface area contributed by atoms with Gasteiger partial charge in [-0.1, -0.05) is 6.92 Å². The van der Waals surface area contributed by atoms with Crippen LogP contribution in [0.2, 0.25) is 0 Å². The minimum Gasteiger partial charge on any atom is -0.383 e.